The summed E-state index contributed by atoms with van der Waals surface area (Å²) in [5, 5.41) is 2.42. The van der Waals surface area contributed by atoms with Crippen molar-refractivity contribution in [2.45, 2.75) is 38.8 Å². The van der Waals surface area contributed by atoms with Crippen molar-refractivity contribution in [2.24, 2.45) is 0 Å². The highest BCUT2D eigenvalue weighted by molar-refractivity contribution is 5.69. The molecule has 1 atom stereocenters. The average Bonchev–Trinajstić information content (AvgIpc) is 2.24. The lowest BCUT2D eigenvalue weighted by atomic mass is 10.0. The van der Waals surface area contributed by atoms with Gasteiger partial charge in [0.15, 0.2) is 0 Å². The van der Waals surface area contributed by atoms with Crippen LogP contribution in [-0.4, -0.2) is 18.0 Å². The normalized spacial score (nSPS) is 12.7. The van der Waals surface area contributed by atoms with Crippen LogP contribution in [0.5, 0.6) is 0 Å². The highest BCUT2D eigenvalue weighted by Gasteiger charge is 2.21. The molecule has 0 fully saturated rings. The van der Waals surface area contributed by atoms with Crippen molar-refractivity contribution in [1.29, 1.82) is 0 Å². The molecule has 0 unspecified atom stereocenters. The van der Waals surface area contributed by atoms with E-state index in [0.717, 1.165) is 18.2 Å². The molecule has 20 heavy (non-hydrogen) atoms. The maximum absolute atomic E-state index is 13.2. The summed E-state index contributed by atoms with van der Waals surface area (Å²) < 4.78 is 31.4. The van der Waals surface area contributed by atoms with Gasteiger partial charge in [-0.05, 0) is 38.5 Å². The van der Waals surface area contributed by atoms with E-state index in [2.05, 4.69) is 5.32 Å². The second-order valence-electron chi connectivity index (χ2n) is 5.30. The molecule has 0 saturated heterocycles. The third-order valence-electron chi connectivity index (χ3n) is 2.31. The quantitative estimate of drug-likeness (QED) is 0.865. The smallest absolute Gasteiger partial charge is 0.408 e. The molecule has 110 valence electrons. The number of carbonyl (C=O) groups is 2. The summed E-state index contributed by atoms with van der Waals surface area (Å²) in [6.07, 6.45) is -0.304. The summed E-state index contributed by atoms with van der Waals surface area (Å²) in [6, 6.07) is 2.01. The lowest BCUT2D eigenvalue weighted by Gasteiger charge is -2.23. The van der Waals surface area contributed by atoms with Crippen molar-refractivity contribution in [1.82, 2.24) is 5.32 Å². The molecular weight excluding hydrogens is 268 g/mol. The number of rotatable bonds is 4. The van der Waals surface area contributed by atoms with Crippen LogP contribution < -0.4 is 5.32 Å². The lowest BCUT2D eigenvalue weighted by Crippen LogP contribution is -2.35. The van der Waals surface area contributed by atoms with E-state index in [4.69, 9.17) is 4.74 Å². The Hall–Kier alpha value is -1.98. The topological polar surface area (TPSA) is 55.4 Å². The number of aldehydes is 1. The van der Waals surface area contributed by atoms with Gasteiger partial charge in [0.1, 0.15) is 23.5 Å². The third kappa shape index (κ3) is 5.34. The molecule has 0 heterocycles. The van der Waals surface area contributed by atoms with Crippen molar-refractivity contribution in [2.75, 3.05) is 0 Å². The molecule has 0 aliphatic carbocycles. The molecule has 0 saturated carbocycles. The Balaban J connectivity index is 2.88. The van der Waals surface area contributed by atoms with Crippen LogP contribution in [-0.2, 0) is 9.53 Å². The van der Waals surface area contributed by atoms with Gasteiger partial charge in [-0.1, -0.05) is 0 Å². The monoisotopic (exact) mass is 285 g/mol. The van der Waals surface area contributed by atoms with E-state index in [1.165, 1.54) is 0 Å². The van der Waals surface area contributed by atoms with E-state index in [1.54, 1.807) is 20.8 Å². The van der Waals surface area contributed by atoms with Gasteiger partial charge in [0.05, 0.1) is 6.04 Å². The minimum atomic E-state index is -0.840. The fourth-order valence-corrected chi connectivity index (χ4v) is 1.60. The Morgan fingerprint density at radius 1 is 1.30 bits per heavy atom. The van der Waals surface area contributed by atoms with Gasteiger partial charge in [-0.2, -0.15) is 0 Å². The van der Waals surface area contributed by atoms with E-state index in [-0.39, 0.29) is 12.0 Å². The summed E-state index contributed by atoms with van der Waals surface area (Å²) in [4.78, 5) is 22.3. The first-order chi connectivity index (χ1) is 9.21. The van der Waals surface area contributed by atoms with Gasteiger partial charge in [-0.25, -0.2) is 13.6 Å². The highest BCUT2D eigenvalue weighted by Crippen LogP contribution is 2.19. The van der Waals surface area contributed by atoms with Gasteiger partial charge in [0, 0.05) is 12.5 Å². The zero-order valence-corrected chi connectivity index (χ0v) is 11.6. The van der Waals surface area contributed by atoms with Crippen LogP contribution in [0.1, 0.15) is 38.8 Å². The molecule has 0 bridgehead atoms. The Morgan fingerprint density at radius 3 is 2.30 bits per heavy atom. The van der Waals surface area contributed by atoms with Crippen LogP contribution in [0, 0.1) is 11.6 Å². The van der Waals surface area contributed by atoms with Crippen molar-refractivity contribution >= 4 is 12.4 Å². The molecule has 0 aliphatic rings. The summed E-state index contributed by atoms with van der Waals surface area (Å²) in [7, 11) is 0. The van der Waals surface area contributed by atoms with Crippen LogP contribution in [0.2, 0.25) is 0 Å². The molecule has 0 spiro atoms. The zero-order chi connectivity index (χ0) is 15.3. The number of halogens is 2. The molecular formula is C14H17F2NO3. The Kier molecular flexibility index (Phi) is 5.19. The van der Waals surface area contributed by atoms with Gasteiger partial charge in [-0.3, -0.25) is 0 Å². The predicted octanol–water partition coefficient (Wildman–Crippen LogP) is 3.12. The second-order valence-corrected chi connectivity index (χ2v) is 5.30. The van der Waals surface area contributed by atoms with E-state index in [1.807, 2.05) is 0 Å². The molecule has 0 aromatic heterocycles. The SMILES string of the molecule is CC(C)(C)OC(=O)N[C@@H](CC=O)c1cc(F)cc(F)c1. The summed E-state index contributed by atoms with van der Waals surface area (Å²) in [5.41, 5.74) is -0.538. The third-order valence-corrected chi connectivity index (χ3v) is 2.31. The Bertz CT molecular complexity index is 477. The zero-order valence-electron chi connectivity index (χ0n) is 11.6. The van der Waals surface area contributed by atoms with Crippen LogP contribution in [0.15, 0.2) is 18.2 Å². The highest BCUT2D eigenvalue weighted by atomic mass is 19.1. The molecule has 1 N–H and O–H groups in total. The standard InChI is InChI=1S/C14H17F2NO3/c1-14(2,3)20-13(19)17-12(4-5-18)9-6-10(15)8-11(16)7-9/h5-8,12H,4H2,1-3H3,(H,17,19)/t12-/m0/s1. The number of ether oxygens (including phenoxy) is 1. The fourth-order valence-electron chi connectivity index (χ4n) is 1.60. The molecule has 0 aliphatic heterocycles. The molecule has 0 radical (unpaired) electrons. The number of hydrogen-bond donors (Lipinski definition) is 1. The minimum absolute atomic E-state index is 0.109. The number of carbonyl (C=O) groups excluding carboxylic acids is 2. The van der Waals surface area contributed by atoms with Gasteiger partial charge >= 0.3 is 6.09 Å². The number of benzene rings is 1. The van der Waals surface area contributed by atoms with E-state index in [9.17, 15) is 18.4 Å². The molecule has 6 heteroatoms. The summed E-state index contributed by atoms with van der Waals surface area (Å²) in [5.74, 6) is -1.55. The van der Waals surface area contributed by atoms with Crippen LogP contribution >= 0.6 is 0 Å². The van der Waals surface area contributed by atoms with Crippen molar-refractivity contribution in [3.63, 3.8) is 0 Å². The molecule has 1 aromatic carbocycles. The second kappa shape index (κ2) is 6.45. The molecule has 4 nitrogen and oxygen atoms in total. The van der Waals surface area contributed by atoms with E-state index >= 15 is 0 Å². The number of hydrogen-bond acceptors (Lipinski definition) is 3. The van der Waals surface area contributed by atoms with Gasteiger partial charge < -0.3 is 14.8 Å². The Labute approximate surface area is 116 Å². The number of nitrogens with one attached hydrogen (secondary N) is 1. The average molecular weight is 285 g/mol. The minimum Gasteiger partial charge on any atom is -0.444 e. The van der Waals surface area contributed by atoms with Gasteiger partial charge in [0.2, 0.25) is 0 Å². The van der Waals surface area contributed by atoms with E-state index < -0.39 is 29.4 Å². The van der Waals surface area contributed by atoms with Crippen molar-refractivity contribution in [3.8, 4) is 0 Å². The first-order valence-electron chi connectivity index (χ1n) is 6.10. The van der Waals surface area contributed by atoms with Gasteiger partial charge in [0.25, 0.3) is 0 Å². The fraction of sp³-hybridized carbons (Fsp3) is 0.429. The molecule has 1 aromatic rings. The van der Waals surface area contributed by atoms with E-state index in [0.29, 0.717) is 6.29 Å². The predicted molar refractivity (Wildman–Crippen MR) is 69.1 cm³/mol. The van der Waals surface area contributed by atoms with Gasteiger partial charge in [-0.15, -0.1) is 0 Å². The molecule has 1 rings (SSSR count). The maximum atomic E-state index is 13.2. The largest absolute Gasteiger partial charge is 0.444 e. The summed E-state index contributed by atoms with van der Waals surface area (Å²) in [6.45, 7) is 5.05. The number of alkyl carbamates (subject to hydrolysis) is 1. The van der Waals surface area contributed by atoms with Crippen molar-refractivity contribution < 1.29 is 23.1 Å². The van der Waals surface area contributed by atoms with Crippen LogP contribution in [0.4, 0.5) is 13.6 Å². The van der Waals surface area contributed by atoms with Crippen LogP contribution in [0.3, 0.4) is 0 Å². The first kappa shape index (κ1) is 16.1. The molecule has 1 amide bonds. The summed E-state index contributed by atoms with van der Waals surface area (Å²) >= 11 is 0. The first-order valence-corrected chi connectivity index (χ1v) is 6.10. The Morgan fingerprint density at radius 2 is 1.85 bits per heavy atom. The van der Waals surface area contributed by atoms with Crippen LogP contribution in [0.25, 0.3) is 0 Å². The lowest BCUT2D eigenvalue weighted by molar-refractivity contribution is -0.108. The number of amides is 1. The maximum Gasteiger partial charge on any atom is 0.408 e. The van der Waals surface area contributed by atoms with Crippen molar-refractivity contribution in [3.05, 3.63) is 35.4 Å².